The summed E-state index contributed by atoms with van der Waals surface area (Å²) in [4.78, 5) is 8.49. The molecule has 80 valence electrons. The van der Waals surface area contributed by atoms with E-state index in [4.69, 9.17) is 18.0 Å². The maximum absolute atomic E-state index is 5.42. The monoisotopic (exact) mass is 230 g/mol. The Balaban J connectivity index is 2.14. The zero-order chi connectivity index (χ0) is 11.4. The highest BCUT2D eigenvalue weighted by Crippen LogP contribution is 2.12. The zero-order valence-corrected chi connectivity index (χ0v) is 9.24. The zero-order valence-electron chi connectivity index (χ0n) is 8.42. The number of aromatic nitrogens is 2. The number of nitrogens with zero attached hydrogens (tertiary/aromatic N) is 2. The van der Waals surface area contributed by atoms with Crippen LogP contribution in [-0.2, 0) is 0 Å². The SMILES string of the molecule is NC(=S)c1cnc(Nc2ccccc2)cn1. The molecule has 1 heterocycles. The molecule has 0 aliphatic heterocycles. The fourth-order valence-electron chi connectivity index (χ4n) is 1.19. The number of para-hydroxylation sites is 1. The molecule has 4 nitrogen and oxygen atoms in total. The number of nitrogens with two attached hydrogens (primary N) is 1. The summed E-state index contributed by atoms with van der Waals surface area (Å²) in [5.41, 5.74) is 6.91. The van der Waals surface area contributed by atoms with Crippen molar-refractivity contribution in [2.75, 3.05) is 5.32 Å². The van der Waals surface area contributed by atoms with Gasteiger partial charge in [-0.15, -0.1) is 0 Å². The van der Waals surface area contributed by atoms with Gasteiger partial charge >= 0.3 is 0 Å². The van der Waals surface area contributed by atoms with E-state index >= 15 is 0 Å². The van der Waals surface area contributed by atoms with Crippen LogP contribution in [0.1, 0.15) is 5.69 Å². The highest BCUT2D eigenvalue weighted by Gasteiger charge is 1.99. The molecule has 0 radical (unpaired) electrons. The molecule has 0 spiro atoms. The van der Waals surface area contributed by atoms with Crippen LogP contribution in [0.3, 0.4) is 0 Å². The van der Waals surface area contributed by atoms with Crippen LogP contribution in [0.4, 0.5) is 11.5 Å². The predicted octanol–water partition coefficient (Wildman–Crippen LogP) is 1.85. The van der Waals surface area contributed by atoms with E-state index < -0.39 is 0 Å². The van der Waals surface area contributed by atoms with Crippen molar-refractivity contribution < 1.29 is 0 Å². The Bertz CT molecular complexity index is 481. The first kappa shape index (κ1) is 10.5. The van der Waals surface area contributed by atoms with Crippen LogP contribution in [0.2, 0.25) is 0 Å². The van der Waals surface area contributed by atoms with E-state index in [0.29, 0.717) is 11.5 Å². The van der Waals surface area contributed by atoms with Gasteiger partial charge in [-0.05, 0) is 12.1 Å². The average Bonchev–Trinajstić information content (AvgIpc) is 2.31. The summed E-state index contributed by atoms with van der Waals surface area (Å²) < 4.78 is 0. The summed E-state index contributed by atoms with van der Waals surface area (Å²) in [6.07, 6.45) is 3.15. The summed E-state index contributed by atoms with van der Waals surface area (Å²) in [7, 11) is 0. The molecule has 0 aliphatic rings. The summed E-state index contributed by atoms with van der Waals surface area (Å²) in [5, 5.41) is 3.11. The molecule has 0 unspecified atom stereocenters. The Morgan fingerprint density at radius 2 is 1.88 bits per heavy atom. The molecule has 0 fully saturated rings. The molecule has 3 N–H and O–H groups in total. The van der Waals surface area contributed by atoms with Crippen LogP contribution in [-0.4, -0.2) is 15.0 Å². The molecular formula is C11H10N4S. The van der Waals surface area contributed by atoms with E-state index in [2.05, 4.69) is 15.3 Å². The van der Waals surface area contributed by atoms with Gasteiger partial charge in [0.25, 0.3) is 0 Å². The van der Waals surface area contributed by atoms with Gasteiger partial charge in [0.1, 0.15) is 16.5 Å². The van der Waals surface area contributed by atoms with E-state index in [-0.39, 0.29) is 4.99 Å². The molecule has 16 heavy (non-hydrogen) atoms. The van der Waals surface area contributed by atoms with Crippen molar-refractivity contribution in [2.24, 2.45) is 5.73 Å². The van der Waals surface area contributed by atoms with Crippen LogP contribution in [0.25, 0.3) is 0 Å². The number of hydrogen-bond acceptors (Lipinski definition) is 4. The first-order chi connectivity index (χ1) is 7.75. The second-order valence-electron chi connectivity index (χ2n) is 3.14. The highest BCUT2D eigenvalue weighted by atomic mass is 32.1. The van der Waals surface area contributed by atoms with E-state index in [0.717, 1.165) is 5.69 Å². The van der Waals surface area contributed by atoms with Crippen LogP contribution < -0.4 is 11.1 Å². The van der Waals surface area contributed by atoms with Crippen LogP contribution >= 0.6 is 12.2 Å². The number of nitrogens with one attached hydrogen (secondary N) is 1. The summed E-state index contributed by atoms with van der Waals surface area (Å²) >= 11 is 4.79. The lowest BCUT2D eigenvalue weighted by atomic mass is 10.3. The van der Waals surface area contributed by atoms with Gasteiger partial charge in [0.05, 0.1) is 12.4 Å². The maximum atomic E-state index is 5.42. The van der Waals surface area contributed by atoms with Crippen LogP contribution in [0.15, 0.2) is 42.7 Å². The summed E-state index contributed by atoms with van der Waals surface area (Å²) in [6, 6.07) is 9.73. The van der Waals surface area contributed by atoms with E-state index in [1.165, 1.54) is 0 Å². The van der Waals surface area contributed by atoms with E-state index in [9.17, 15) is 0 Å². The Kier molecular flexibility index (Phi) is 3.07. The minimum atomic E-state index is 0.249. The normalized spacial score (nSPS) is 9.75. The van der Waals surface area contributed by atoms with Gasteiger partial charge < -0.3 is 11.1 Å². The van der Waals surface area contributed by atoms with Crippen molar-refractivity contribution in [3.05, 3.63) is 48.4 Å². The molecule has 0 amide bonds. The maximum Gasteiger partial charge on any atom is 0.148 e. The molecular weight excluding hydrogens is 220 g/mol. The van der Waals surface area contributed by atoms with Gasteiger partial charge in [0.2, 0.25) is 0 Å². The molecule has 0 saturated heterocycles. The van der Waals surface area contributed by atoms with E-state index in [1.807, 2.05) is 30.3 Å². The smallest absolute Gasteiger partial charge is 0.148 e. The minimum absolute atomic E-state index is 0.249. The van der Waals surface area contributed by atoms with Gasteiger partial charge in [0.15, 0.2) is 0 Å². The lowest BCUT2D eigenvalue weighted by molar-refractivity contribution is 1.18. The molecule has 2 rings (SSSR count). The summed E-state index contributed by atoms with van der Waals surface area (Å²) in [5.74, 6) is 0.659. The van der Waals surface area contributed by atoms with Crippen LogP contribution in [0, 0.1) is 0 Å². The molecule has 1 aromatic heterocycles. The Hall–Kier alpha value is -2.01. The lowest BCUT2D eigenvalue weighted by Crippen LogP contribution is -2.12. The second kappa shape index (κ2) is 4.67. The standard InChI is InChI=1S/C11H10N4S/c12-11(16)9-6-14-10(7-13-9)15-8-4-2-1-3-5-8/h1-7H,(H2,12,16)(H,14,15). The third-order valence-corrected chi connectivity index (χ3v) is 2.16. The minimum Gasteiger partial charge on any atom is -0.388 e. The molecule has 5 heteroatoms. The fourth-order valence-corrected chi connectivity index (χ4v) is 1.29. The lowest BCUT2D eigenvalue weighted by Gasteiger charge is -2.04. The first-order valence-corrected chi connectivity index (χ1v) is 5.10. The molecule has 0 saturated carbocycles. The van der Waals surface area contributed by atoms with Gasteiger partial charge in [-0.3, -0.25) is 0 Å². The molecule has 1 aromatic carbocycles. The Morgan fingerprint density at radius 3 is 2.44 bits per heavy atom. The van der Waals surface area contributed by atoms with Crippen molar-refractivity contribution in [3.8, 4) is 0 Å². The largest absolute Gasteiger partial charge is 0.388 e. The Morgan fingerprint density at radius 1 is 1.12 bits per heavy atom. The quantitative estimate of drug-likeness (QED) is 0.788. The van der Waals surface area contributed by atoms with Crippen molar-refractivity contribution in [1.82, 2.24) is 9.97 Å². The van der Waals surface area contributed by atoms with Crippen molar-refractivity contribution in [2.45, 2.75) is 0 Å². The van der Waals surface area contributed by atoms with Crippen molar-refractivity contribution in [3.63, 3.8) is 0 Å². The molecule has 2 aromatic rings. The molecule has 0 bridgehead atoms. The highest BCUT2D eigenvalue weighted by molar-refractivity contribution is 7.80. The second-order valence-corrected chi connectivity index (χ2v) is 3.58. The number of hydrogen-bond donors (Lipinski definition) is 2. The number of benzene rings is 1. The Labute approximate surface area is 98.5 Å². The number of anilines is 2. The van der Waals surface area contributed by atoms with Gasteiger partial charge in [0, 0.05) is 5.69 Å². The van der Waals surface area contributed by atoms with E-state index in [1.54, 1.807) is 12.4 Å². The fraction of sp³-hybridized carbons (Fsp3) is 0. The molecule has 0 atom stereocenters. The number of rotatable bonds is 3. The third kappa shape index (κ3) is 2.52. The van der Waals surface area contributed by atoms with Gasteiger partial charge in [-0.25, -0.2) is 9.97 Å². The third-order valence-electron chi connectivity index (χ3n) is 1.95. The van der Waals surface area contributed by atoms with Crippen molar-refractivity contribution in [1.29, 1.82) is 0 Å². The summed E-state index contributed by atoms with van der Waals surface area (Å²) in [6.45, 7) is 0. The number of thiocarbonyl (C=S) groups is 1. The van der Waals surface area contributed by atoms with Crippen LogP contribution in [0.5, 0.6) is 0 Å². The van der Waals surface area contributed by atoms with Gasteiger partial charge in [-0.1, -0.05) is 30.4 Å². The first-order valence-electron chi connectivity index (χ1n) is 4.69. The molecule has 0 aliphatic carbocycles. The predicted molar refractivity (Wildman–Crippen MR) is 67.6 cm³/mol. The van der Waals surface area contributed by atoms with Crippen molar-refractivity contribution >= 4 is 28.7 Å². The topological polar surface area (TPSA) is 63.8 Å². The van der Waals surface area contributed by atoms with Gasteiger partial charge in [-0.2, -0.15) is 0 Å². The average molecular weight is 230 g/mol.